The van der Waals surface area contributed by atoms with Gasteiger partial charge >= 0.3 is 11.9 Å². The van der Waals surface area contributed by atoms with Crippen LogP contribution in [0.3, 0.4) is 0 Å². The molecule has 0 amide bonds. The average Bonchev–Trinajstić information content (AvgIpc) is 3.80. The number of aliphatic hydroxyl groups excluding tert-OH is 1. The summed E-state index contributed by atoms with van der Waals surface area (Å²) in [5.74, 6) is -2.24. The zero-order valence-electron chi connectivity index (χ0n) is 30.1. The first-order valence-corrected chi connectivity index (χ1v) is 17.3. The van der Waals surface area contributed by atoms with Gasteiger partial charge in [0.25, 0.3) is 0 Å². The van der Waals surface area contributed by atoms with Gasteiger partial charge in [-0.2, -0.15) is 0 Å². The van der Waals surface area contributed by atoms with E-state index in [1.807, 2.05) is 32.0 Å². The topological polar surface area (TPSA) is 125 Å². The van der Waals surface area contributed by atoms with E-state index in [0.29, 0.717) is 35.5 Å². The van der Waals surface area contributed by atoms with Gasteiger partial charge in [0.15, 0.2) is 0 Å². The molecule has 6 aliphatic rings. The zero-order chi connectivity index (χ0) is 35.3. The van der Waals surface area contributed by atoms with Crippen LogP contribution in [0.1, 0.15) is 67.2 Å². The summed E-state index contributed by atoms with van der Waals surface area (Å²) in [5.41, 5.74) is 12.8. The molecule has 5 aliphatic heterocycles. The largest absolute Gasteiger partial charge is 0.510 e. The minimum atomic E-state index is -1.07. The van der Waals surface area contributed by atoms with E-state index in [0.717, 1.165) is 69.3 Å². The van der Waals surface area contributed by atoms with E-state index in [-0.39, 0.29) is 36.6 Å². The maximum absolute atomic E-state index is 13.9. The Kier molecular flexibility index (Phi) is 9.37. The van der Waals surface area contributed by atoms with Crippen molar-refractivity contribution in [1.82, 2.24) is 10.2 Å². The Bertz CT molecular complexity index is 1890. The fraction of sp³-hybridized carbons (Fsp3) is 0.462. The number of nitrogens with one attached hydrogen (secondary N) is 1. The maximum atomic E-state index is 13.9. The molecule has 0 aromatic heterocycles. The molecule has 2 unspecified atom stereocenters. The molecule has 0 saturated carbocycles. The Labute approximate surface area is 288 Å². The van der Waals surface area contributed by atoms with Gasteiger partial charge in [0.1, 0.15) is 18.3 Å². The first kappa shape index (κ1) is 34.3. The molecule has 3 atom stereocenters. The Hall–Kier alpha value is -4.57. The number of aliphatic hydroxyl groups is 1. The number of rotatable bonds is 9. The second kappa shape index (κ2) is 13.4. The summed E-state index contributed by atoms with van der Waals surface area (Å²) >= 11 is 0. The van der Waals surface area contributed by atoms with Crippen molar-refractivity contribution in [1.29, 1.82) is 0 Å². The van der Waals surface area contributed by atoms with Gasteiger partial charge in [0.2, 0.25) is 0 Å². The summed E-state index contributed by atoms with van der Waals surface area (Å²) in [5, 5.41) is 15.6. The highest BCUT2D eigenvalue weighted by atomic mass is 16.5. The second-order valence-corrected chi connectivity index (χ2v) is 13.7. The molecule has 0 spiro atoms. The van der Waals surface area contributed by atoms with Gasteiger partial charge in [-0.25, -0.2) is 15.0 Å². The Morgan fingerprint density at radius 3 is 2.18 bits per heavy atom. The lowest BCUT2D eigenvalue weighted by molar-refractivity contribution is -0.147. The first-order chi connectivity index (χ1) is 23.4. The molecule has 258 valence electrons. The first-order valence-electron chi connectivity index (χ1n) is 17.3. The summed E-state index contributed by atoms with van der Waals surface area (Å²) < 4.78 is 10.8. The number of allylic oxidation sites excluding steroid dienone is 11. The number of ether oxygens (including phenoxy) is 2. The molecular weight excluding hydrogens is 618 g/mol. The molecule has 5 heterocycles. The summed E-state index contributed by atoms with van der Waals surface area (Å²) in [4.78, 5) is 43.6. The lowest BCUT2D eigenvalue weighted by Crippen LogP contribution is -2.28. The molecule has 0 aromatic carbocycles. The zero-order valence-corrected chi connectivity index (χ0v) is 30.1. The minimum Gasteiger partial charge on any atom is -0.510 e. The number of hydrogen-bond acceptors (Lipinski definition) is 10. The molecule has 1 aliphatic carbocycles. The lowest BCUT2D eigenvalue weighted by Gasteiger charge is -2.21. The highest BCUT2D eigenvalue weighted by molar-refractivity contribution is 6.24. The lowest BCUT2D eigenvalue weighted by atomic mass is 9.84. The predicted molar refractivity (Wildman–Crippen MR) is 192 cm³/mol. The van der Waals surface area contributed by atoms with Crippen LogP contribution >= 0.6 is 0 Å². The van der Waals surface area contributed by atoms with Gasteiger partial charge < -0.3 is 24.8 Å². The summed E-state index contributed by atoms with van der Waals surface area (Å²) in [6, 6.07) is 0. The number of esters is 2. The van der Waals surface area contributed by atoms with Crippen LogP contribution in [0.5, 0.6) is 0 Å². The molecular formula is C39H47N5O5. The van der Waals surface area contributed by atoms with Crippen LogP contribution in [0.25, 0.3) is 0 Å². The molecule has 1 saturated heterocycles. The molecule has 1 fully saturated rings. The number of carbonyl (C=O) groups is 2. The molecule has 49 heavy (non-hydrogen) atoms. The number of carbonyl (C=O) groups excluding carboxylic acids is 2. The fourth-order valence-corrected chi connectivity index (χ4v) is 7.66. The minimum absolute atomic E-state index is 0.0663. The highest BCUT2D eigenvalue weighted by Crippen LogP contribution is 2.49. The van der Waals surface area contributed by atoms with Gasteiger partial charge in [-0.1, -0.05) is 20.8 Å². The van der Waals surface area contributed by atoms with Crippen LogP contribution in [0.15, 0.2) is 106 Å². The molecule has 0 radical (unpaired) electrons. The molecule has 8 bridgehead atoms. The van der Waals surface area contributed by atoms with Crippen molar-refractivity contribution in [3.8, 4) is 0 Å². The standard InChI is InChI=1S/C39H47N5O5/c1-10-23-19(3)26-16-28-21(5)25(12-13-32(45)48-9)36(42-28)34-35(39(47)49-15-14-44(7)8)38(46)33-22(6)29(43-37(33)34)18-31-24(11-2)20(4)27(41-31)17-30(23)40-26/h16-18,21,25,35,42,46H,10-15H2,1-9H3/t21-,25?,35?/m0/s1. The fourth-order valence-electron chi connectivity index (χ4n) is 7.66. The normalized spacial score (nSPS) is 24.4. The van der Waals surface area contributed by atoms with Crippen LogP contribution in [0.2, 0.25) is 0 Å². The molecule has 10 heteroatoms. The second-order valence-electron chi connectivity index (χ2n) is 13.7. The van der Waals surface area contributed by atoms with Crippen molar-refractivity contribution in [3.05, 3.63) is 91.5 Å². The third-order valence-corrected chi connectivity index (χ3v) is 10.6. The summed E-state index contributed by atoms with van der Waals surface area (Å²) in [7, 11) is 5.21. The molecule has 10 nitrogen and oxygen atoms in total. The van der Waals surface area contributed by atoms with Crippen LogP contribution in [-0.4, -0.2) is 73.4 Å². The summed E-state index contributed by atoms with van der Waals surface area (Å²) in [6.07, 6.45) is 8.45. The van der Waals surface area contributed by atoms with E-state index >= 15 is 0 Å². The van der Waals surface area contributed by atoms with Crippen LogP contribution in [0, 0.1) is 17.8 Å². The van der Waals surface area contributed by atoms with Crippen LogP contribution in [-0.2, 0) is 19.1 Å². The number of hydrogen-bond donors (Lipinski definition) is 2. The number of methoxy groups -OCH3 is 1. The number of likely N-dealkylation sites (N-methyl/N-ethyl adjacent to an activating group) is 1. The highest BCUT2D eigenvalue weighted by Gasteiger charge is 2.49. The Balaban J connectivity index is 1.61. The predicted octanol–water partition coefficient (Wildman–Crippen LogP) is 6.35. The van der Waals surface area contributed by atoms with E-state index in [1.54, 1.807) is 0 Å². The monoisotopic (exact) mass is 665 g/mol. The van der Waals surface area contributed by atoms with Crippen molar-refractivity contribution in [2.45, 2.75) is 67.2 Å². The van der Waals surface area contributed by atoms with Crippen LogP contribution < -0.4 is 5.32 Å². The van der Waals surface area contributed by atoms with Gasteiger partial charge in [-0.15, -0.1) is 0 Å². The molecule has 2 N–H and O–H groups in total. The van der Waals surface area contributed by atoms with Crippen molar-refractivity contribution < 1.29 is 24.2 Å². The van der Waals surface area contributed by atoms with E-state index in [4.69, 9.17) is 24.5 Å². The van der Waals surface area contributed by atoms with Gasteiger partial charge in [-0.3, -0.25) is 9.59 Å². The van der Waals surface area contributed by atoms with E-state index in [2.05, 4.69) is 52.1 Å². The van der Waals surface area contributed by atoms with Gasteiger partial charge in [-0.05, 0) is 100 Å². The van der Waals surface area contributed by atoms with E-state index in [1.165, 1.54) is 12.7 Å². The van der Waals surface area contributed by atoms with Crippen molar-refractivity contribution in [3.63, 3.8) is 0 Å². The number of nitrogens with zero attached hydrogens (tertiary/aromatic N) is 4. The third-order valence-electron chi connectivity index (χ3n) is 10.6. The molecule has 0 aromatic rings. The van der Waals surface area contributed by atoms with Gasteiger partial charge in [0, 0.05) is 47.3 Å². The third kappa shape index (κ3) is 5.90. The van der Waals surface area contributed by atoms with Crippen molar-refractivity contribution in [2.75, 3.05) is 34.4 Å². The Morgan fingerprint density at radius 2 is 1.57 bits per heavy atom. The molecule has 6 rings (SSSR count). The SMILES string of the molecule is CCC1=C(C)C2=NC1=CC1=C(C)C3=C(O)C(C(=O)OCCN(C)C)C(=C4NC(=CC5=NC(=C2)C(CC)=C5C)[C@@H](C)C4CCC(=O)OC)C3=N1. The van der Waals surface area contributed by atoms with Gasteiger partial charge in [0.05, 0.1) is 41.3 Å². The quantitative estimate of drug-likeness (QED) is 0.275. The summed E-state index contributed by atoms with van der Waals surface area (Å²) in [6.45, 7) is 13.2. The maximum Gasteiger partial charge on any atom is 0.321 e. The number of aliphatic imine (C=N–C) groups is 3. The van der Waals surface area contributed by atoms with E-state index < -0.39 is 11.9 Å². The average molecular weight is 666 g/mol. The smallest absolute Gasteiger partial charge is 0.321 e. The van der Waals surface area contributed by atoms with Crippen LogP contribution in [0.4, 0.5) is 0 Å². The van der Waals surface area contributed by atoms with Crippen molar-refractivity contribution in [2.24, 2.45) is 32.7 Å². The Morgan fingerprint density at radius 1 is 0.939 bits per heavy atom. The van der Waals surface area contributed by atoms with E-state index in [9.17, 15) is 14.7 Å². The van der Waals surface area contributed by atoms with Crippen molar-refractivity contribution >= 4 is 29.1 Å². The number of fused-ring (bicyclic) bond motifs is 5.